The topological polar surface area (TPSA) is 65.3 Å². The van der Waals surface area contributed by atoms with Crippen LogP contribution in [0, 0.1) is 5.92 Å². The molecule has 1 heterocycles. The summed E-state index contributed by atoms with van der Waals surface area (Å²) >= 11 is 0. The molecule has 1 aliphatic rings. The molecule has 1 fully saturated rings. The van der Waals surface area contributed by atoms with E-state index in [1.54, 1.807) is 0 Å². The smallest absolute Gasteiger partial charge is 0.228 e. The van der Waals surface area contributed by atoms with Crippen LogP contribution in [0.5, 0.6) is 0 Å². The molecule has 0 spiro atoms. The highest BCUT2D eigenvalue weighted by molar-refractivity contribution is 5.94. The van der Waals surface area contributed by atoms with Crippen LogP contribution in [-0.4, -0.2) is 18.7 Å². The maximum absolute atomic E-state index is 10.7. The van der Waals surface area contributed by atoms with Crippen LogP contribution in [0.1, 0.15) is 6.42 Å². The summed E-state index contributed by atoms with van der Waals surface area (Å²) < 4.78 is 0. The third kappa shape index (κ3) is 1.19. The molecule has 0 aromatic rings. The minimum atomic E-state index is -0.150. The molecule has 0 aromatic heterocycles. The highest BCUT2D eigenvalue weighted by Gasteiger charge is 2.21. The van der Waals surface area contributed by atoms with Crippen LogP contribution in [0.15, 0.2) is 5.10 Å². The Hall–Kier alpha value is -1.06. The van der Waals surface area contributed by atoms with Crippen molar-refractivity contribution in [3.8, 4) is 0 Å². The van der Waals surface area contributed by atoms with Gasteiger partial charge < -0.3 is 5.32 Å². The maximum Gasteiger partial charge on any atom is 0.228 e. The normalized spacial score (nSPS) is 27.1. The lowest BCUT2D eigenvalue weighted by atomic mass is 10.1. The molecule has 2 N–H and O–H groups in total. The average Bonchev–Trinajstić information content (AvgIpc) is 2.18. The summed E-state index contributed by atoms with van der Waals surface area (Å²) in [5, 5.41) is 5.67. The maximum atomic E-state index is 10.7. The molecule has 4 nitrogen and oxygen atoms in total. The first-order chi connectivity index (χ1) is 4.34. The quantitative estimate of drug-likeness (QED) is 0.369. The van der Waals surface area contributed by atoms with Gasteiger partial charge in [0.1, 0.15) is 0 Å². The molecule has 1 rings (SSSR count). The molecule has 1 atom stereocenters. The van der Waals surface area contributed by atoms with Crippen molar-refractivity contribution in [3.05, 3.63) is 0 Å². The summed E-state index contributed by atoms with van der Waals surface area (Å²) in [5.41, 5.74) is 0. The van der Waals surface area contributed by atoms with E-state index in [1.807, 2.05) is 0 Å². The number of nitrogens with one attached hydrogen (secondary N) is 2. The summed E-state index contributed by atoms with van der Waals surface area (Å²) in [5.74, 6) is 6.29. The number of carbonyl (C=O) groups is 1. The molecule has 0 aliphatic carbocycles. The van der Waals surface area contributed by atoms with Crippen molar-refractivity contribution in [1.82, 2.24) is 11.2 Å². The fourth-order valence-electron chi connectivity index (χ4n) is 0.845. The number of hydrogen-bond acceptors (Lipinski definition) is 2. The van der Waals surface area contributed by atoms with Gasteiger partial charge >= 0.3 is 0 Å². The first-order valence-corrected chi connectivity index (χ1v) is 2.82. The van der Waals surface area contributed by atoms with Crippen molar-refractivity contribution < 1.29 is 4.79 Å². The van der Waals surface area contributed by atoms with Crippen LogP contribution in [0.25, 0.3) is 0 Å². The van der Waals surface area contributed by atoms with E-state index in [1.165, 1.54) is 6.21 Å². The number of rotatable bonds is 1. The van der Waals surface area contributed by atoms with Gasteiger partial charge in [-0.2, -0.15) is 5.10 Å². The fraction of sp³-hybridized carbons (Fsp3) is 0.600. The van der Waals surface area contributed by atoms with Crippen LogP contribution < -0.4 is 11.2 Å². The second kappa shape index (κ2) is 2.48. The third-order valence-electron chi connectivity index (χ3n) is 1.35. The predicted octanol–water partition coefficient (Wildman–Crippen LogP) is -0.609. The highest BCUT2D eigenvalue weighted by Crippen LogP contribution is 2.04. The molecule has 9 heavy (non-hydrogen) atoms. The van der Waals surface area contributed by atoms with Crippen LogP contribution in [-0.2, 0) is 4.79 Å². The number of hydrogen-bond donors (Lipinski definition) is 1. The highest BCUT2D eigenvalue weighted by atomic mass is 16.2. The minimum Gasteiger partial charge on any atom is -0.356 e. The zero-order valence-electron chi connectivity index (χ0n) is 4.92. The summed E-state index contributed by atoms with van der Waals surface area (Å²) in [6.45, 7) is 0.718. The van der Waals surface area contributed by atoms with Crippen LogP contribution in [0.3, 0.4) is 0 Å². The van der Waals surface area contributed by atoms with E-state index in [2.05, 4.69) is 10.4 Å². The zero-order valence-corrected chi connectivity index (χ0v) is 4.92. The van der Waals surface area contributed by atoms with Crippen molar-refractivity contribution in [1.29, 1.82) is 0 Å². The molecular weight excluding hydrogens is 118 g/mol. The Morgan fingerprint density at radius 2 is 2.67 bits per heavy atom. The van der Waals surface area contributed by atoms with Gasteiger partial charge in [-0.1, -0.05) is 0 Å². The molecule has 49 valence electrons. The van der Waals surface area contributed by atoms with Crippen molar-refractivity contribution in [3.63, 3.8) is 0 Å². The molecule has 1 radical (unpaired) electrons. The van der Waals surface area contributed by atoms with Gasteiger partial charge in [0.05, 0.1) is 5.92 Å². The van der Waals surface area contributed by atoms with Crippen LogP contribution in [0.4, 0.5) is 0 Å². The lowest BCUT2D eigenvalue weighted by molar-refractivity contribution is -0.120. The average molecular weight is 126 g/mol. The Kier molecular flexibility index (Phi) is 1.67. The van der Waals surface area contributed by atoms with Gasteiger partial charge in [-0.15, -0.1) is 0 Å². The molecule has 0 aromatic carbocycles. The first-order valence-electron chi connectivity index (χ1n) is 2.82. The Labute approximate surface area is 53.1 Å². The molecule has 1 unspecified atom stereocenters. The Balaban J connectivity index is 2.49. The fourth-order valence-corrected chi connectivity index (χ4v) is 0.845. The van der Waals surface area contributed by atoms with E-state index >= 15 is 0 Å². The second-order valence-electron chi connectivity index (χ2n) is 1.96. The lowest BCUT2D eigenvalue weighted by Gasteiger charge is -1.92. The van der Waals surface area contributed by atoms with Gasteiger partial charge in [0.25, 0.3) is 0 Å². The Bertz CT molecular complexity index is 143. The molecule has 1 saturated heterocycles. The van der Waals surface area contributed by atoms with Gasteiger partial charge in [-0.25, -0.2) is 5.84 Å². The van der Waals surface area contributed by atoms with E-state index in [9.17, 15) is 4.79 Å². The number of amides is 1. The molecule has 4 heteroatoms. The minimum absolute atomic E-state index is 0.00833. The lowest BCUT2D eigenvalue weighted by Crippen LogP contribution is -2.19. The third-order valence-corrected chi connectivity index (χ3v) is 1.35. The zero-order chi connectivity index (χ0) is 6.69. The van der Waals surface area contributed by atoms with Gasteiger partial charge in [-0.05, 0) is 6.42 Å². The summed E-state index contributed by atoms with van der Waals surface area (Å²) in [6.07, 6.45) is 2.14. The molecule has 0 saturated carbocycles. The number of nitrogens with zero attached hydrogens (tertiary/aromatic N) is 1. The van der Waals surface area contributed by atoms with E-state index in [0.717, 1.165) is 13.0 Å². The molecule has 1 amide bonds. The largest absolute Gasteiger partial charge is 0.356 e. The van der Waals surface area contributed by atoms with E-state index < -0.39 is 0 Å². The molecule has 0 bridgehead atoms. The standard InChI is InChI=1S/C5H8N3O/c6-8-3-4-1-2-7-5(4)9/h3-4,6H,1-2H2,(H,7,9). The second-order valence-corrected chi connectivity index (χ2v) is 1.96. The van der Waals surface area contributed by atoms with Crippen molar-refractivity contribution in [2.45, 2.75) is 6.42 Å². The van der Waals surface area contributed by atoms with Crippen molar-refractivity contribution in [2.75, 3.05) is 6.54 Å². The van der Waals surface area contributed by atoms with E-state index in [4.69, 9.17) is 5.84 Å². The van der Waals surface area contributed by atoms with E-state index in [-0.39, 0.29) is 11.8 Å². The Morgan fingerprint density at radius 3 is 3.11 bits per heavy atom. The van der Waals surface area contributed by atoms with E-state index in [0.29, 0.717) is 0 Å². The van der Waals surface area contributed by atoms with Crippen LogP contribution in [0.2, 0.25) is 0 Å². The first kappa shape index (κ1) is 6.07. The van der Waals surface area contributed by atoms with Crippen molar-refractivity contribution >= 4 is 12.1 Å². The molecule has 1 aliphatic heterocycles. The van der Waals surface area contributed by atoms with Gasteiger partial charge in [0.2, 0.25) is 5.91 Å². The predicted molar refractivity (Wildman–Crippen MR) is 32.7 cm³/mol. The Morgan fingerprint density at radius 1 is 1.89 bits per heavy atom. The van der Waals surface area contributed by atoms with Gasteiger partial charge in [-0.3, -0.25) is 4.79 Å². The molecular formula is C5H8N3O. The summed E-state index contributed by atoms with van der Waals surface area (Å²) in [4.78, 5) is 10.7. The van der Waals surface area contributed by atoms with Crippen LogP contribution >= 0.6 is 0 Å². The summed E-state index contributed by atoms with van der Waals surface area (Å²) in [7, 11) is 0. The van der Waals surface area contributed by atoms with Crippen molar-refractivity contribution in [2.24, 2.45) is 11.0 Å². The number of carbonyl (C=O) groups excluding carboxylic acids is 1. The van der Waals surface area contributed by atoms with Gasteiger partial charge in [0, 0.05) is 12.8 Å². The summed E-state index contributed by atoms with van der Waals surface area (Å²) in [6, 6.07) is 0. The SMILES string of the molecule is [NH]N=CC1CCNC1=O. The monoisotopic (exact) mass is 126 g/mol. The van der Waals surface area contributed by atoms with Gasteiger partial charge in [0.15, 0.2) is 0 Å².